The van der Waals surface area contributed by atoms with E-state index in [1.165, 1.54) is 54.6 Å². The van der Waals surface area contributed by atoms with Gasteiger partial charge in [-0.15, -0.1) is 0 Å². The van der Waals surface area contributed by atoms with Crippen LogP contribution in [0.1, 0.15) is 0 Å². The molecule has 0 aliphatic heterocycles. The fourth-order valence-electron chi connectivity index (χ4n) is 17.7. The molecule has 24 rings (SSSR count). The molecule has 0 fully saturated rings. The van der Waals surface area contributed by atoms with Crippen LogP contribution in [0.3, 0.4) is 0 Å². The van der Waals surface area contributed by atoms with Crippen molar-refractivity contribution < 1.29 is 8.83 Å². The third kappa shape index (κ3) is 12.4. The van der Waals surface area contributed by atoms with E-state index >= 15 is 0 Å². The summed E-state index contributed by atoms with van der Waals surface area (Å²) in [7, 11) is 0. The molecule has 0 amide bonds. The topological polar surface area (TPSA) is 104 Å². The molecule has 4 heterocycles. The van der Waals surface area contributed by atoms with Gasteiger partial charge in [0.05, 0.1) is 0 Å². The molecule has 4 aromatic heterocycles. The van der Waals surface area contributed by atoms with Gasteiger partial charge >= 0.3 is 0 Å². The average molecular weight is 1530 g/mol. The Balaban J connectivity index is 0.000000140. The van der Waals surface area contributed by atoms with Crippen LogP contribution in [0, 0.1) is 0 Å². The van der Waals surface area contributed by atoms with Gasteiger partial charge in [0.1, 0.15) is 22.3 Å². The van der Waals surface area contributed by atoms with Gasteiger partial charge in [-0.3, -0.25) is 0 Å². The Bertz CT molecular complexity index is 8240. The van der Waals surface area contributed by atoms with Gasteiger partial charge in [-0.05, 0) is 198 Å². The minimum atomic E-state index is 0.617. The lowest BCUT2D eigenvalue weighted by Gasteiger charge is -2.14. The highest BCUT2D eigenvalue weighted by Crippen LogP contribution is 2.46. The van der Waals surface area contributed by atoms with Gasteiger partial charge in [0.2, 0.25) is 0 Å². The van der Waals surface area contributed by atoms with Crippen LogP contribution < -0.4 is 0 Å². The van der Waals surface area contributed by atoms with Crippen LogP contribution in [0.25, 0.3) is 243 Å². The Morgan fingerprint density at radius 1 is 0.133 bits per heavy atom. The largest absolute Gasteiger partial charge is 0.456 e. The zero-order valence-electron chi connectivity index (χ0n) is 64.8. The molecule has 0 saturated carbocycles. The molecule has 20 aromatic carbocycles. The molecule has 120 heavy (non-hydrogen) atoms. The summed E-state index contributed by atoms with van der Waals surface area (Å²) in [5.74, 6) is 3.73. The minimum Gasteiger partial charge on any atom is -0.456 e. The van der Waals surface area contributed by atoms with Crippen LogP contribution in [-0.4, -0.2) is 29.9 Å². The lowest BCUT2D eigenvalue weighted by Crippen LogP contribution is -2.01. The number of hydrogen-bond acceptors (Lipinski definition) is 8. The second-order valence-electron chi connectivity index (χ2n) is 30.7. The maximum absolute atomic E-state index is 6.50. The van der Waals surface area contributed by atoms with E-state index in [0.717, 1.165) is 154 Å². The average Bonchev–Trinajstić information content (AvgIpc) is 1.23. The first-order chi connectivity index (χ1) is 59.4. The Labute approximate surface area is 690 Å². The second kappa shape index (κ2) is 29.0. The standard InChI is InChI=1S/C57H35N3O.C55H33N3O/c1-2-14-37(15-3-1)44-19-8-9-20-45(44)38-26-28-39(29-27-38)55-58-56(43-30-25-36-13-4-5-16-40(36)33-43)60-57(59-55)50-32-31-48(46-21-10-11-22-47(46)50)49-23-12-24-52-54(49)51-34-41-17-6-7-18-42(41)35-53(51)61-52;1-3-12-38-30-42(26-22-34(38)10-1)36-20-24-37(25-21-36)53-56-54(43-27-23-35-11-2-4-13-39(35)31-43)58-55(57-53)48-29-28-46(44-16-7-8-17-45(44)48)47-18-9-19-50-52(47)49-32-40-14-5-6-15-41(40)33-51(49)59-50/h1-35H;1-33H. The van der Waals surface area contributed by atoms with Crippen LogP contribution >= 0.6 is 0 Å². The predicted molar refractivity (Wildman–Crippen MR) is 497 cm³/mol. The van der Waals surface area contributed by atoms with Crippen LogP contribution in [0.15, 0.2) is 421 Å². The Kier molecular flexibility index (Phi) is 16.7. The molecule has 0 saturated heterocycles. The smallest absolute Gasteiger partial charge is 0.164 e. The van der Waals surface area contributed by atoms with Crippen molar-refractivity contribution in [2.45, 2.75) is 0 Å². The molecule has 24 aromatic rings. The molecule has 0 bridgehead atoms. The molecular formula is C112H68N6O2. The Morgan fingerprint density at radius 2 is 0.417 bits per heavy atom. The lowest BCUT2D eigenvalue weighted by atomic mass is 9.92. The van der Waals surface area contributed by atoms with Gasteiger partial charge in [-0.2, -0.15) is 0 Å². The van der Waals surface area contributed by atoms with Crippen LogP contribution in [-0.2, 0) is 0 Å². The molecule has 0 radical (unpaired) electrons. The van der Waals surface area contributed by atoms with E-state index < -0.39 is 0 Å². The summed E-state index contributed by atoms with van der Waals surface area (Å²) in [6.07, 6.45) is 0. The van der Waals surface area contributed by atoms with Crippen LogP contribution in [0.2, 0.25) is 0 Å². The molecule has 0 aliphatic rings. The molecule has 8 heteroatoms. The van der Waals surface area contributed by atoms with E-state index in [-0.39, 0.29) is 0 Å². The second-order valence-corrected chi connectivity index (χ2v) is 30.7. The maximum Gasteiger partial charge on any atom is 0.164 e. The van der Waals surface area contributed by atoms with Gasteiger partial charge in [0, 0.05) is 54.9 Å². The highest BCUT2D eigenvalue weighted by molar-refractivity contribution is 6.20. The quantitative estimate of drug-likeness (QED) is 0.126. The number of benzene rings is 20. The molecule has 0 atom stereocenters. The molecule has 0 N–H and O–H groups in total. The summed E-state index contributed by atoms with van der Waals surface area (Å²) in [5.41, 5.74) is 20.6. The summed E-state index contributed by atoms with van der Waals surface area (Å²) in [6.45, 7) is 0. The normalized spacial score (nSPS) is 11.7. The van der Waals surface area contributed by atoms with Crippen molar-refractivity contribution in [3.8, 4) is 124 Å². The van der Waals surface area contributed by atoms with Gasteiger partial charge in [0.15, 0.2) is 34.9 Å². The third-order valence-electron chi connectivity index (χ3n) is 23.6. The summed E-state index contributed by atoms with van der Waals surface area (Å²) in [6, 6.07) is 145. The van der Waals surface area contributed by atoms with Crippen molar-refractivity contribution in [1.82, 2.24) is 29.9 Å². The molecule has 0 unspecified atom stereocenters. The molecular weight excluding hydrogens is 1460 g/mol. The van der Waals surface area contributed by atoms with Crippen molar-refractivity contribution in [3.63, 3.8) is 0 Å². The number of fused-ring (bicyclic) bond motifs is 13. The van der Waals surface area contributed by atoms with Crippen molar-refractivity contribution in [3.05, 3.63) is 413 Å². The Hall–Kier alpha value is -16.2. The number of hydrogen-bond donors (Lipinski definition) is 0. The SMILES string of the molecule is c1ccc(-c2ccccc2-c2ccc(-c3nc(-c4ccc5ccccc5c4)nc(-c4ccc(-c5cccc6oc7cc8ccccc8cc7c56)c5ccccc45)n3)cc2)cc1.c1ccc2cc(-c3ccc(-c4nc(-c5ccc6ccccc6c5)nc(-c5ccc(-c6cccc7oc8cc9ccccc9cc8c67)c6ccccc56)n4)cc3)ccc2c1. The van der Waals surface area contributed by atoms with Gasteiger partial charge in [-0.25, -0.2) is 29.9 Å². The number of rotatable bonds is 11. The molecule has 8 nitrogen and oxygen atoms in total. The van der Waals surface area contributed by atoms with Gasteiger partial charge in [-0.1, -0.05) is 346 Å². The van der Waals surface area contributed by atoms with Gasteiger partial charge in [0.25, 0.3) is 0 Å². The molecule has 0 aliphatic carbocycles. The lowest BCUT2D eigenvalue weighted by molar-refractivity contribution is 0.669. The van der Waals surface area contributed by atoms with E-state index in [0.29, 0.717) is 34.9 Å². The van der Waals surface area contributed by atoms with E-state index in [1.807, 2.05) is 0 Å². The third-order valence-corrected chi connectivity index (χ3v) is 23.6. The molecule has 0 spiro atoms. The monoisotopic (exact) mass is 1530 g/mol. The maximum atomic E-state index is 6.50. The summed E-state index contributed by atoms with van der Waals surface area (Å²) in [4.78, 5) is 31.3. The highest BCUT2D eigenvalue weighted by atomic mass is 16.3. The molecule has 558 valence electrons. The van der Waals surface area contributed by atoms with E-state index in [1.54, 1.807) is 0 Å². The summed E-state index contributed by atoms with van der Waals surface area (Å²) in [5, 5.41) is 20.5. The summed E-state index contributed by atoms with van der Waals surface area (Å²) >= 11 is 0. The van der Waals surface area contributed by atoms with E-state index in [4.69, 9.17) is 38.7 Å². The summed E-state index contributed by atoms with van der Waals surface area (Å²) < 4.78 is 13.0. The van der Waals surface area contributed by atoms with Crippen LogP contribution in [0.5, 0.6) is 0 Å². The van der Waals surface area contributed by atoms with Crippen molar-refractivity contribution in [1.29, 1.82) is 0 Å². The van der Waals surface area contributed by atoms with Gasteiger partial charge < -0.3 is 8.83 Å². The fourth-order valence-corrected chi connectivity index (χ4v) is 17.7. The number of nitrogens with zero attached hydrogens (tertiary/aromatic N) is 6. The number of aromatic nitrogens is 6. The minimum absolute atomic E-state index is 0.617. The number of furan rings is 2. The zero-order valence-corrected chi connectivity index (χ0v) is 64.8. The predicted octanol–water partition coefficient (Wildman–Crippen LogP) is 30.0. The Morgan fingerprint density at radius 3 is 0.842 bits per heavy atom. The van der Waals surface area contributed by atoms with E-state index in [2.05, 4.69) is 413 Å². The zero-order chi connectivity index (χ0) is 79.1. The first-order valence-electron chi connectivity index (χ1n) is 40.5. The first kappa shape index (κ1) is 69.4. The van der Waals surface area contributed by atoms with Crippen molar-refractivity contribution >= 4 is 119 Å². The van der Waals surface area contributed by atoms with Crippen LogP contribution in [0.4, 0.5) is 0 Å². The fraction of sp³-hybridized carbons (Fsp3) is 0. The highest BCUT2D eigenvalue weighted by Gasteiger charge is 2.24. The van der Waals surface area contributed by atoms with Crippen molar-refractivity contribution in [2.24, 2.45) is 0 Å². The van der Waals surface area contributed by atoms with Crippen molar-refractivity contribution in [2.75, 3.05) is 0 Å². The van der Waals surface area contributed by atoms with E-state index in [9.17, 15) is 0 Å². The first-order valence-corrected chi connectivity index (χ1v) is 40.5.